The van der Waals surface area contributed by atoms with Gasteiger partial charge in [0.05, 0.1) is 22.0 Å². The standard InChI is InChI=1S/C19H22N3/c1-5-18(3)17-15-14(20-12-21-17)10-9-13-8-7-11-22(16(13)15)19(18,4)6-2/h7-12H,5-6H2,1-4H3/q+1. The Balaban J connectivity index is 2.34. The second-order valence-electron chi connectivity index (χ2n) is 6.81. The quantitative estimate of drug-likeness (QED) is 0.530. The Bertz CT molecular complexity index is 827. The van der Waals surface area contributed by atoms with Gasteiger partial charge < -0.3 is 0 Å². The zero-order chi connectivity index (χ0) is 15.5. The predicted molar refractivity (Wildman–Crippen MR) is 88.8 cm³/mol. The molecule has 112 valence electrons. The lowest BCUT2D eigenvalue weighted by Crippen LogP contribution is -2.66. The van der Waals surface area contributed by atoms with Crippen molar-refractivity contribution in [3.8, 4) is 0 Å². The maximum Gasteiger partial charge on any atom is 0.224 e. The molecular formula is C19H22N3+. The summed E-state index contributed by atoms with van der Waals surface area (Å²) >= 11 is 0. The van der Waals surface area contributed by atoms with Crippen LogP contribution in [-0.2, 0) is 11.0 Å². The number of hydrogen-bond donors (Lipinski definition) is 0. The highest BCUT2D eigenvalue weighted by molar-refractivity contribution is 6.04. The Kier molecular flexibility index (Phi) is 2.63. The SMILES string of the molecule is CCC1(C)c2ncnc3ccc4ccc[n+](c4c23)C1(C)CC. The van der Waals surface area contributed by atoms with E-state index < -0.39 is 0 Å². The molecule has 2 atom stereocenters. The van der Waals surface area contributed by atoms with Crippen LogP contribution in [0.1, 0.15) is 46.2 Å². The predicted octanol–water partition coefficient (Wildman–Crippen LogP) is 3.88. The van der Waals surface area contributed by atoms with Crippen LogP contribution in [0.5, 0.6) is 0 Å². The van der Waals surface area contributed by atoms with Crippen LogP contribution in [0.2, 0.25) is 0 Å². The van der Waals surface area contributed by atoms with Gasteiger partial charge in [0, 0.05) is 24.8 Å². The molecule has 2 unspecified atom stereocenters. The van der Waals surface area contributed by atoms with Gasteiger partial charge in [0.1, 0.15) is 6.33 Å². The van der Waals surface area contributed by atoms with Crippen LogP contribution in [0.4, 0.5) is 0 Å². The van der Waals surface area contributed by atoms with Crippen LogP contribution >= 0.6 is 0 Å². The molecule has 4 rings (SSSR count). The van der Waals surface area contributed by atoms with Crippen molar-refractivity contribution in [3.63, 3.8) is 0 Å². The molecule has 0 radical (unpaired) electrons. The van der Waals surface area contributed by atoms with Gasteiger partial charge in [-0.05, 0) is 31.5 Å². The molecule has 0 spiro atoms. The number of rotatable bonds is 2. The Hall–Kier alpha value is -2.03. The molecule has 0 saturated carbocycles. The summed E-state index contributed by atoms with van der Waals surface area (Å²) in [5.74, 6) is 0. The second-order valence-corrected chi connectivity index (χ2v) is 6.81. The first-order valence-corrected chi connectivity index (χ1v) is 8.16. The summed E-state index contributed by atoms with van der Waals surface area (Å²) in [7, 11) is 0. The Labute approximate surface area is 131 Å². The van der Waals surface area contributed by atoms with Gasteiger partial charge in [0.25, 0.3) is 0 Å². The number of pyridine rings is 1. The topological polar surface area (TPSA) is 29.7 Å². The number of benzene rings is 1. The van der Waals surface area contributed by atoms with E-state index in [0.717, 1.165) is 18.4 Å². The molecule has 3 aromatic rings. The summed E-state index contributed by atoms with van der Waals surface area (Å²) in [6, 6.07) is 8.65. The molecule has 0 saturated heterocycles. The lowest BCUT2D eigenvalue weighted by molar-refractivity contribution is -0.751. The van der Waals surface area contributed by atoms with E-state index in [4.69, 9.17) is 4.98 Å². The highest BCUT2D eigenvalue weighted by Gasteiger charge is 2.56. The average molecular weight is 292 g/mol. The molecule has 0 fully saturated rings. The van der Waals surface area contributed by atoms with E-state index in [-0.39, 0.29) is 11.0 Å². The molecule has 0 aliphatic carbocycles. The van der Waals surface area contributed by atoms with Crippen molar-refractivity contribution >= 4 is 21.8 Å². The molecule has 3 heteroatoms. The molecule has 2 aromatic heterocycles. The number of hydrogen-bond acceptors (Lipinski definition) is 2. The van der Waals surface area contributed by atoms with Gasteiger partial charge >= 0.3 is 0 Å². The van der Waals surface area contributed by atoms with Crippen molar-refractivity contribution in [3.05, 3.63) is 42.5 Å². The van der Waals surface area contributed by atoms with Crippen molar-refractivity contribution in [2.24, 2.45) is 0 Å². The minimum atomic E-state index is -0.00373. The summed E-state index contributed by atoms with van der Waals surface area (Å²) in [5.41, 5.74) is 3.55. The Morgan fingerprint density at radius 2 is 1.86 bits per heavy atom. The highest BCUT2D eigenvalue weighted by Crippen LogP contribution is 2.47. The molecule has 1 aromatic carbocycles. The van der Waals surface area contributed by atoms with Gasteiger partial charge in [0.2, 0.25) is 5.52 Å². The zero-order valence-corrected chi connectivity index (χ0v) is 13.7. The first-order valence-electron chi connectivity index (χ1n) is 8.16. The van der Waals surface area contributed by atoms with Gasteiger partial charge in [-0.25, -0.2) is 9.97 Å². The van der Waals surface area contributed by atoms with Gasteiger partial charge in [-0.3, -0.25) is 0 Å². The molecular weight excluding hydrogens is 270 g/mol. The van der Waals surface area contributed by atoms with E-state index in [9.17, 15) is 0 Å². The molecule has 3 heterocycles. The Morgan fingerprint density at radius 1 is 1.05 bits per heavy atom. The van der Waals surface area contributed by atoms with E-state index in [1.807, 2.05) is 0 Å². The van der Waals surface area contributed by atoms with Crippen molar-refractivity contribution in [2.75, 3.05) is 0 Å². The molecule has 3 nitrogen and oxygen atoms in total. The fourth-order valence-corrected chi connectivity index (χ4v) is 4.31. The number of nitrogens with zero attached hydrogens (tertiary/aromatic N) is 3. The second kappa shape index (κ2) is 4.25. The van der Waals surface area contributed by atoms with Crippen LogP contribution in [0, 0.1) is 0 Å². The van der Waals surface area contributed by atoms with E-state index in [1.54, 1.807) is 6.33 Å². The van der Waals surface area contributed by atoms with E-state index in [2.05, 4.69) is 67.7 Å². The molecule has 0 amide bonds. The zero-order valence-electron chi connectivity index (χ0n) is 13.7. The van der Waals surface area contributed by atoms with Gasteiger partial charge in [0.15, 0.2) is 11.7 Å². The van der Waals surface area contributed by atoms with Gasteiger partial charge in [-0.15, -0.1) is 0 Å². The third-order valence-electron chi connectivity index (χ3n) is 6.20. The van der Waals surface area contributed by atoms with Gasteiger partial charge in [-0.2, -0.15) is 4.57 Å². The fraction of sp³-hybridized carbons (Fsp3) is 0.421. The van der Waals surface area contributed by atoms with Crippen LogP contribution in [0.25, 0.3) is 21.8 Å². The summed E-state index contributed by atoms with van der Waals surface area (Å²) in [4.78, 5) is 9.28. The van der Waals surface area contributed by atoms with Crippen LogP contribution < -0.4 is 4.57 Å². The average Bonchev–Trinajstić information content (AvgIpc) is 2.58. The first kappa shape index (κ1) is 13.6. The van der Waals surface area contributed by atoms with E-state index >= 15 is 0 Å². The summed E-state index contributed by atoms with van der Waals surface area (Å²) in [5, 5.41) is 2.50. The third-order valence-corrected chi connectivity index (χ3v) is 6.20. The lowest BCUT2D eigenvalue weighted by Gasteiger charge is -2.43. The lowest BCUT2D eigenvalue weighted by atomic mass is 9.63. The smallest absolute Gasteiger partial charge is 0.224 e. The largest absolute Gasteiger partial charge is 0.240 e. The monoisotopic (exact) mass is 292 g/mol. The molecule has 0 bridgehead atoms. The Morgan fingerprint density at radius 3 is 2.59 bits per heavy atom. The van der Waals surface area contributed by atoms with E-state index in [0.29, 0.717) is 0 Å². The summed E-state index contributed by atoms with van der Waals surface area (Å²) in [6.07, 6.45) is 6.09. The molecule has 1 aliphatic heterocycles. The van der Waals surface area contributed by atoms with E-state index in [1.165, 1.54) is 22.0 Å². The normalized spacial score (nSPS) is 26.9. The first-order chi connectivity index (χ1) is 10.6. The minimum Gasteiger partial charge on any atom is -0.240 e. The van der Waals surface area contributed by atoms with Crippen LogP contribution in [0.3, 0.4) is 0 Å². The summed E-state index contributed by atoms with van der Waals surface area (Å²) in [6.45, 7) is 9.29. The number of aromatic nitrogens is 3. The summed E-state index contributed by atoms with van der Waals surface area (Å²) < 4.78 is 2.48. The van der Waals surface area contributed by atoms with Crippen LogP contribution in [0.15, 0.2) is 36.8 Å². The maximum atomic E-state index is 4.76. The third kappa shape index (κ3) is 1.35. The highest BCUT2D eigenvalue weighted by atomic mass is 15.1. The molecule has 22 heavy (non-hydrogen) atoms. The van der Waals surface area contributed by atoms with Crippen molar-refractivity contribution < 1.29 is 4.57 Å². The maximum absolute atomic E-state index is 4.76. The van der Waals surface area contributed by atoms with Crippen molar-refractivity contribution in [2.45, 2.75) is 51.5 Å². The molecule has 0 N–H and O–H groups in total. The van der Waals surface area contributed by atoms with Gasteiger partial charge in [-0.1, -0.05) is 13.8 Å². The molecule has 1 aliphatic rings. The van der Waals surface area contributed by atoms with Crippen molar-refractivity contribution in [1.29, 1.82) is 0 Å². The van der Waals surface area contributed by atoms with Crippen molar-refractivity contribution in [1.82, 2.24) is 9.97 Å². The minimum absolute atomic E-state index is 0.00373. The fourth-order valence-electron chi connectivity index (χ4n) is 4.31. The van der Waals surface area contributed by atoms with Crippen LogP contribution in [-0.4, -0.2) is 9.97 Å².